The number of sulfonamides is 1. The topological polar surface area (TPSA) is 127 Å². The largest absolute Gasteiger partial charge is 0.506 e. The molecule has 2 aliphatic rings. The predicted octanol–water partition coefficient (Wildman–Crippen LogP) is 2.05. The first-order chi connectivity index (χ1) is 14.7. The Hall–Kier alpha value is -2.76. The highest BCUT2D eigenvalue weighted by atomic mass is 32.2. The van der Waals surface area contributed by atoms with E-state index in [0.29, 0.717) is 24.4 Å². The van der Waals surface area contributed by atoms with Gasteiger partial charge in [0, 0.05) is 13.1 Å². The molecule has 0 bridgehead atoms. The number of nitrogens with one attached hydrogen (secondary N) is 1. The molecule has 1 unspecified atom stereocenters. The Morgan fingerprint density at radius 2 is 1.84 bits per heavy atom. The van der Waals surface area contributed by atoms with Crippen LogP contribution in [0.15, 0.2) is 65.5 Å². The van der Waals surface area contributed by atoms with E-state index in [0.717, 1.165) is 28.9 Å². The fourth-order valence-electron chi connectivity index (χ4n) is 3.86. The molecule has 0 aromatic heterocycles. The average Bonchev–Trinajstić information content (AvgIpc) is 3.31. The van der Waals surface area contributed by atoms with E-state index >= 15 is 0 Å². The predicted molar refractivity (Wildman–Crippen MR) is 115 cm³/mol. The first-order valence-electron chi connectivity index (χ1n) is 9.77. The molecule has 31 heavy (non-hydrogen) atoms. The molecule has 1 fully saturated rings. The Morgan fingerprint density at radius 1 is 1.10 bits per heavy atom. The molecule has 0 radical (unpaired) electrons. The van der Waals surface area contributed by atoms with E-state index in [9.17, 15) is 27.0 Å². The Kier molecular flexibility index (Phi) is 5.58. The minimum Gasteiger partial charge on any atom is -0.506 e. The van der Waals surface area contributed by atoms with Crippen LogP contribution >= 0.6 is 0 Å². The standard InChI is InChI=1S/C20H23N3O6S2/c24-19-12-15(8-9-18(19)23-14-20(25)21-31(23,28)29)6-7-16-10-11-22(13-16)30(26,27)17-4-2-1-3-5-17/h1-5,8-9,12,14,16,21,24-25H,6-7,10-11,13H2. The Labute approximate surface area is 181 Å². The minimum absolute atomic E-state index is 0.0290. The van der Waals surface area contributed by atoms with Crippen molar-refractivity contribution < 1.29 is 27.0 Å². The Bertz CT molecular complexity index is 1210. The van der Waals surface area contributed by atoms with Crippen molar-refractivity contribution in [2.45, 2.75) is 24.2 Å². The summed E-state index contributed by atoms with van der Waals surface area (Å²) in [5, 5.41) is 19.7. The van der Waals surface area contributed by atoms with Gasteiger partial charge in [-0.15, -0.1) is 0 Å². The quantitative estimate of drug-likeness (QED) is 0.599. The van der Waals surface area contributed by atoms with Crippen LogP contribution in [0.5, 0.6) is 5.75 Å². The maximum Gasteiger partial charge on any atom is 0.330 e. The number of phenols is 1. The third-order valence-corrected chi connectivity index (χ3v) is 8.65. The summed E-state index contributed by atoms with van der Waals surface area (Å²) >= 11 is 0. The summed E-state index contributed by atoms with van der Waals surface area (Å²) < 4.78 is 53.6. The minimum atomic E-state index is -3.97. The molecule has 2 aromatic rings. The van der Waals surface area contributed by atoms with Gasteiger partial charge >= 0.3 is 10.2 Å². The summed E-state index contributed by atoms with van der Waals surface area (Å²) in [6.45, 7) is 0.921. The van der Waals surface area contributed by atoms with Crippen LogP contribution in [-0.2, 0) is 26.7 Å². The second kappa shape index (κ2) is 8.06. The number of hydrogen-bond acceptors (Lipinski definition) is 6. The lowest BCUT2D eigenvalue weighted by atomic mass is 9.98. The van der Waals surface area contributed by atoms with Gasteiger partial charge in [-0.25, -0.2) is 17.4 Å². The van der Waals surface area contributed by atoms with Gasteiger partial charge < -0.3 is 10.2 Å². The maximum absolute atomic E-state index is 12.7. The molecular weight excluding hydrogens is 442 g/mol. The summed E-state index contributed by atoms with van der Waals surface area (Å²) in [7, 11) is -7.47. The molecule has 2 aromatic carbocycles. The van der Waals surface area contributed by atoms with Crippen LogP contribution in [0.25, 0.3) is 0 Å². The van der Waals surface area contributed by atoms with Gasteiger partial charge in [-0.3, -0.25) is 0 Å². The van der Waals surface area contributed by atoms with Crippen molar-refractivity contribution in [2.24, 2.45) is 5.92 Å². The van der Waals surface area contributed by atoms with Crippen molar-refractivity contribution in [3.8, 4) is 5.75 Å². The zero-order chi connectivity index (χ0) is 22.2. The SMILES string of the molecule is O=S1(=O)NC(O)=CN1c1ccc(CCC2CCN(S(=O)(=O)c3ccccc3)C2)cc1O. The number of aliphatic hydroxyl groups is 1. The van der Waals surface area contributed by atoms with Gasteiger partial charge in [0.1, 0.15) is 11.4 Å². The molecule has 0 amide bonds. The normalized spacial score (nSPS) is 21.1. The molecule has 0 aliphatic carbocycles. The zero-order valence-electron chi connectivity index (χ0n) is 16.5. The van der Waals surface area contributed by atoms with Crippen LogP contribution in [0.4, 0.5) is 5.69 Å². The molecule has 0 spiro atoms. The fraction of sp³-hybridized carbons (Fsp3) is 0.300. The van der Waals surface area contributed by atoms with Gasteiger partial charge in [0.25, 0.3) is 0 Å². The van der Waals surface area contributed by atoms with Crippen LogP contribution in [0.3, 0.4) is 0 Å². The summed E-state index contributed by atoms with van der Waals surface area (Å²) in [5.74, 6) is -0.559. The highest BCUT2D eigenvalue weighted by Crippen LogP contribution is 2.33. The summed E-state index contributed by atoms with van der Waals surface area (Å²) in [5.41, 5.74) is 0.838. The van der Waals surface area contributed by atoms with Crippen molar-refractivity contribution in [3.05, 3.63) is 66.2 Å². The first kappa shape index (κ1) is 21.5. The van der Waals surface area contributed by atoms with E-state index in [1.54, 1.807) is 36.4 Å². The number of aliphatic hydroxyl groups excluding tert-OH is 1. The van der Waals surface area contributed by atoms with Gasteiger partial charge in [-0.1, -0.05) is 24.3 Å². The number of aryl methyl sites for hydroxylation is 1. The number of hydrogen-bond donors (Lipinski definition) is 3. The molecule has 3 N–H and O–H groups in total. The number of aromatic hydroxyl groups is 1. The maximum atomic E-state index is 12.7. The van der Waals surface area contributed by atoms with Gasteiger partial charge in [-0.2, -0.15) is 12.7 Å². The monoisotopic (exact) mass is 465 g/mol. The van der Waals surface area contributed by atoms with E-state index in [-0.39, 0.29) is 17.4 Å². The van der Waals surface area contributed by atoms with E-state index in [2.05, 4.69) is 0 Å². The highest BCUT2D eigenvalue weighted by Gasteiger charge is 2.33. The average molecular weight is 466 g/mol. The molecule has 1 saturated heterocycles. The molecule has 166 valence electrons. The molecule has 1 atom stereocenters. The smallest absolute Gasteiger partial charge is 0.330 e. The van der Waals surface area contributed by atoms with E-state index < -0.39 is 26.1 Å². The number of phenolic OH excluding ortho intramolecular Hbond substituents is 1. The lowest BCUT2D eigenvalue weighted by Crippen LogP contribution is -2.29. The summed E-state index contributed by atoms with van der Waals surface area (Å²) in [6.07, 6.45) is 3.09. The molecule has 0 saturated carbocycles. The number of benzene rings is 2. The lowest BCUT2D eigenvalue weighted by molar-refractivity contribution is 0.392. The zero-order valence-corrected chi connectivity index (χ0v) is 18.2. The van der Waals surface area contributed by atoms with Gasteiger partial charge in [0.05, 0.1) is 11.1 Å². The molecule has 2 aliphatic heterocycles. The highest BCUT2D eigenvalue weighted by molar-refractivity contribution is 7.91. The summed E-state index contributed by atoms with van der Waals surface area (Å²) in [4.78, 5) is 0.294. The number of nitrogens with zero attached hydrogens (tertiary/aromatic N) is 2. The van der Waals surface area contributed by atoms with E-state index in [1.807, 2.05) is 4.72 Å². The van der Waals surface area contributed by atoms with Crippen molar-refractivity contribution in [3.63, 3.8) is 0 Å². The molecule has 11 heteroatoms. The Morgan fingerprint density at radius 3 is 2.48 bits per heavy atom. The second-order valence-electron chi connectivity index (χ2n) is 7.61. The third-order valence-electron chi connectivity index (χ3n) is 5.48. The van der Waals surface area contributed by atoms with Crippen molar-refractivity contribution in [2.75, 3.05) is 17.4 Å². The molecule has 9 nitrogen and oxygen atoms in total. The number of rotatable bonds is 6. The van der Waals surface area contributed by atoms with Gasteiger partial charge in [-0.05, 0) is 55.0 Å². The van der Waals surface area contributed by atoms with Crippen molar-refractivity contribution in [1.29, 1.82) is 0 Å². The molecule has 2 heterocycles. The van der Waals surface area contributed by atoms with E-state index in [4.69, 9.17) is 0 Å². The summed E-state index contributed by atoms with van der Waals surface area (Å²) in [6, 6.07) is 13.0. The number of anilines is 1. The van der Waals surface area contributed by atoms with Crippen molar-refractivity contribution in [1.82, 2.24) is 9.03 Å². The molecular formula is C20H23N3O6S2. The van der Waals surface area contributed by atoms with Gasteiger partial charge in [0.2, 0.25) is 15.9 Å². The third kappa shape index (κ3) is 4.34. The molecule has 4 rings (SSSR count). The van der Waals surface area contributed by atoms with E-state index in [1.165, 1.54) is 16.4 Å². The fourth-order valence-corrected chi connectivity index (χ4v) is 6.48. The first-order valence-corrected chi connectivity index (χ1v) is 12.6. The Balaban J connectivity index is 1.39. The lowest BCUT2D eigenvalue weighted by Gasteiger charge is -2.17. The van der Waals surface area contributed by atoms with Crippen LogP contribution in [0, 0.1) is 5.92 Å². The second-order valence-corrected chi connectivity index (χ2v) is 11.1. The van der Waals surface area contributed by atoms with Crippen LogP contribution in [0.1, 0.15) is 18.4 Å². The van der Waals surface area contributed by atoms with Gasteiger partial charge in [0.15, 0.2) is 0 Å². The van der Waals surface area contributed by atoms with Crippen molar-refractivity contribution >= 4 is 25.9 Å². The van der Waals surface area contributed by atoms with Crippen LogP contribution < -0.4 is 9.03 Å². The van der Waals surface area contributed by atoms with Crippen LogP contribution in [-0.4, -0.2) is 44.4 Å². The van der Waals surface area contributed by atoms with Crippen LogP contribution in [0.2, 0.25) is 0 Å².